The first kappa shape index (κ1) is 19.5. The van der Waals surface area contributed by atoms with Crippen molar-refractivity contribution in [2.45, 2.75) is 52.2 Å². The van der Waals surface area contributed by atoms with Crippen molar-refractivity contribution in [3.05, 3.63) is 48.0 Å². The zero-order valence-corrected chi connectivity index (χ0v) is 15.7. The lowest BCUT2D eigenvalue weighted by Crippen LogP contribution is -2.41. The molecule has 0 atom stereocenters. The first-order chi connectivity index (χ1) is 11.9. The van der Waals surface area contributed by atoms with Crippen LogP contribution < -0.4 is 0 Å². The van der Waals surface area contributed by atoms with Gasteiger partial charge in [-0.15, -0.1) is 0 Å². The molecule has 0 N–H and O–H groups in total. The Hall–Kier alpha value is -1.81. The second-order valence-electron chi connectivity index (χ2n) is 7.62. The van der Waals surface area contributed by atoms with Crippen molar-refractivity contribution in [1.82, 2.24) is 4.90 Å². The van der Waals surface area contributed by atoms with Gasteiger partial charge in [0.1, 0.15) is 5.60 Å². The van der Waals surface area contributed by atoms with Crippen LogP contribution in [0.1, 0.15) is 45.6 Å². The van der Waals surface area contributed by atoms with Gasteiger partial charge in [0.2, 0.25) is 0 Å². The van der Waals surface area contributed by atoms with Crippen molar-refractivity contribution in [2.24, 2.45) is 5.92 Å². The Labute approximate surface area is 151 Å². The van der Waals surface area contributed by atoms with Crippen LogP contribution >= 0.6 is 0 Å². The molecule has 4 heteroatoms. The van der Waals surface area contributed by atoms with E-state index in [1.165, 1.54) is 5.56 Å². The normalized spacial score (nSPS) is 16.4. The van der Waals surface area contributed by atoms with Gasteiger partial charge in [0.25, 0.3) is 0 Å². The van der Waals surface area contributed by atoms with Gasteiger partial charge < -0.3 is 14.4 Å². The number of carbonyl (C=O) groups is 1. The smallest absolute Gasteiger partial charge is 0.410 e. The molecule has 0 unspecified atom stereocenters. The molecule has 0 saturated carbocycles. The van der Waals surface area contributed by atoms with E-state index in [-0.39, 0.29) is 6.09 Å². The third kappa shape index (κ3) is 7.74. The number of hydrogen-bond donors (Lipinski definition) is 0. The van der Waals surface area contributed by atoms with E-state index in [1.54, 1.807) is 0 Å². The van der Waals surface area contributed by atoms with Gasteiger partial charge in [-0.2, -0.15) is 0 Å². The van der Waals surface area contributed by atoms with E-state index >= 15 is 0 Å². The minimum Gasteiger partial charge on any atom is -0.444 e. The van der Waals surface area contributed by atoms with Crippen molar-refractivity contribution in [2.75, 3.05) is 19.7 Å². The Morgan fingerprint density at radius 1 is 1.16 bits per heavy atom. The number of hydrogen-bond acceptors (Lipinski definition) is 3. The highest BCUT2D eigenvalue weighted by Crippen LogP contribution is 2.22. The number of carbonyl (C=O) groups excluding carboxylic acids is 1. The summed E-state index contributed by atoms with van der Waals surface area (Å²) in [6, 6.07) is 10.2. The van der Waals surface area contributed by atoms with Gasteiger partial charge in [-0.1, -0.05) is 42.5 Å². The fourth-order valence-corrected chi connectivity index (χ4v) is 2.85. The number of likely N-dealkylation sites (tertiary alicyclic amines) is 1. The van der Waals surface area contributed by atoms with E-state index in [2.05, 4.69) is 24.3 Å². The maximum absolute atomic E-state index is 12.0. The quantitative estimate of drug-likeness (QED) is 0.549. The van der Waals surface area contributed by atoms with Crippen molar-refractivity contribution in [3.63, 3.8) is 0 Å². The van der Waals surface area contributed by atoms with Crippen LogP contribution in [0.2, 0.25) is 0 Å². The van der Waals surface area contributed by atoms with E-state index in [4.69, 9.17) is 9.47 Å². The van der Waals surface area contributed by atoms with Crippen LogP contribution in [0.25, 0.3) is 0 Å². The van der Waals surface area contributed by atoms with E-state index in [9.17, 15) is 4.79 Å². The van der Waals surface area contributed by atoms with Crippen LogP contribution in [-0.2, 0) is 16.1 Å². The van der Waals surface area contributed by atoms with E-state index in [0.717, 1.165) is 32.4 Å². The van der Waals surface area contributed by atoms with Crippen LogP contribution in [0.4, 0.5) is 4.79 Å². The molecule has 1 aromatic rings. The molecule has 0 aromatic heterocycles. The predicted molar refractivity (Wildman–Crippen MR) is 100 cm³/mol. The maximum atomic E-state index is 12.0. The Balaban J connectivity index is 1.58. The lowest BCUT2D eigenvalue weighted by Gasteiger charge is -2.33. The highest BCUT2D eigenvalue weighted by molar-refractivity contribution is 5.68. The van der Waals surface area contributed by atoms with Crippen molar-refractivity contribution >= 4 is 6.09 Å². The summed E-state index contributed by atoms with van der Waals surface area (Å²) in [5.41, 5.74) is 0.779. The van der Waals surface area contributed by atoms with E-state index < -0.39 is 5.60 Å². The molecule has 1 amide bonds. The fraction of sp³-hybridized carbons (Fsp3) is 0.571. The van der Waals surface area contributed by atoms with Crippen molar-refractivity contribution in [1.29, 1.82) is 0 Å². The van der Waals surface area contributed by atoms with Crippen LogP contribution in [-0.4, -0.2) is 36.3 Å². The van der Waals surface area contributed by atoms with Gasteiger partial charge in [0.05, 0.1) is 13.2 Å². The van der Waals surface area contributed by atoms with Gasteiger partial charge in [-0.05, 0) is 51.5 Å². The molecule has 0 spiro atoms. The number of amides is 1. The lowest BCUT2D eigenvalue weighted by atomic mass is 9.93. The Kier molecular flexibility index (Phi) is 7.51. The van der Waals surface area contributed by atoms with Gasteiger partial charge >= 0.3 is 6.09 Å². The lowest BCUT2D eigenvalue weighted by molar-refractivity contribution is 0.0185. The molecule has 25 heavy (non-hydrogen) atoms. The number of benzene rings is 1. The number of ether oxygens (including phenoxy) is 2. The van der Waals surface area contributed by atoms with Gasteiger partial charge in [0, 0.05) is 13.1 Å². The molecule has 0 radical (unpaired) electrons. The molecule has 0 aliphatic carbocycles. The van der Waals surface area contributed by atoms with Crippen LogP contribution in [0.3, 0.4) is 0 Å². The monoisotopic (exact) mass is 345 g/mol. The molecule has 1 fully saturated rings. The minimum atomic E-state index is -0.420. The number of rotatable bonds is 6. The zero-order chi connectivity index (χ0) is 18.1. The van der Waals surface area contributed by atoms with Crippen molar-refractivity contribution < 1.29 is 14.3 Å². The standard InChI is InChI=1S/C21H31NO3/c1-21(2,3)25-20(23)22-14-12-18(13-15-22)9-7-8-16-24-17-19-10-5-4-6-11-19/h4-8,10-11,18H,9,12-17H2,1-3H3. The molecule has 1 heterocycles. The third-order valence-corrected chi connectivity index (χ3v) is 4.23. The number of allylic oxidation sites excluding steroid dienone is 1. The van der Waals surface area contributed by atoms with Gasteiger partial charge in [-0.3, -0.25) is 0 Å². The Morgan fingerprint density at radius 3 is 2.48 bits per heavy atom. The average Bonchev–Trinajstić information content (AvgIpc) is 2.58. The van der Waals surface area contributed by atoms with E-state index in [1.807, 2.05) is 43.9 Å². The third-order valence-electron chi connectivity index (χ3n) is 4.23. The molecule has 138 valence electrons. The second-order valence-corrected chi connectivity index (χ2v) is 7.62. The molecule has 4 nitrogen and oxygen atoms in total. The predicted octanol–water partition coefficient (Wildman–Crippen LogP) is 4.80. The molecule has 1 aromatic carbocycles. The number of nitrogens with zero attached hydrogens (tertiary/aromatic N) is 1. The first-order valence-corrected chi connectivity index (χ1v) is 9.18. The molecule has 1 saturated heterocycles. The molecular formula is C21H31NO3. The summed E-state index contributed by atoms with van der Waals surface area (Å²) in [5, 5.41) is 0. The molecule has 0 bridgehead atoms. The maximum Gasteiger partial charge on any atom is 0.410 e. The summed E-state index contributed by atoms with van der Waals surface area (Å²) in [6.07, 6.45) is 7.25. The highest BCUT2D eigenvalue weighted by Gasteiger charge is 2.26. The van der Waals surface area contributed by atoms with Crippen molar-refractivity contribution in [3.8, 4) is 0 Å². The summed E-state index contributed by atoms with van der Waals surface area (Å²) < 4.78 is 11.1. The zero-order valence-electron chi connectivity index (χ0n) is 15.7. The Morgan fingerprint density at radius 2 is 1.84 bits per heavy atom. The van der Waals surface area contributed by atoms with Gasteiger partial charge in [-0.25, -0.2) is 4.79 Å². The summed E-state index contributed by atoms with van der Waals surface area (Å²) in [7, 11) is 0. The molecule has 1 aliphatic heterocycles. The molecular weight excluding hydrogens is 314 g/mol. The minimum absolute atomic E-state index is 0.184. The van der Waals surface area contributed by atoms with Crippen LogP contribution in [0.15, 0.2) is 42.5 Å². The molecule has 1 aliphatic rings. The largest absolute Gasteiger partial charge is 0.444 e. The summed E-state index contributed by atoms with van der Waals surface area (Å²) in [6.45, 7) is 8.59. The van der Waals surface area contributed by atoms with E-state index in [0.29, 0.717) is 19.1 Å². The summed E-state index contributed by atoms with van der Waals surface area (Å²) >= 11 is 0. The fourth-order valence-electron chi connectivity index (χ4n) is 2.85. The van der Waals surface area contributed by atoms with Crippen LogP contribution in [0.5, 0.6) is 0 Å². The first-order valence-electron chi connectivity index (χ1n) is 9.18. The SMILES string of the molecule is CC(C)(C)OC(=O)N1CCC(CC=CCOCc2ccccc2)CC1. The summed E-state index contributed by atoms with van der Waals surface area (Å²) in [4.78, 5) is 13.9. The topological polar surface area (TPSA) is 38.8 Å². The number of piperidine rings is 1. The summed E-state index contributed by atoms with van der Waals surface area (Å²) in [5.74, 6) is 0.643. The Bertz CT molecular complexity index is 540. The average molecular weight is 345 g/mol. The van der Waals surface area contributed by atoms with Crippen LogP contribution in [0, 0.1) is 5.92 Å². The van der Waals surface area contributed by atoms with Gasteiger partial charge in [0.15, 0.2) is 0 Å². The molecule has 2 rings (SSSR count). The second kappa shape index (κ2) is 9.62. The highest BCUT2D eigenvalue weighted by atomic mass is 16.6.